The third-order valence-corrected chi connectivity index (χ3v) is 6.84. The van der Waals surface area contributed by atoms with E-state index in [2.05, 4.69) is 20.8 Å². The fraction of sp³-hybridized carbons (Fsp3) is 0.235. The van der Waals surface area contributed by atoms with Gasteiger partial charge in [0.15, 0.2) is 4.34 Å². The van der Waals surface area contributed by atoms with Crippen LogP contribution in [-0.4, -0.2) is 27.6 Å². The second-order valence-electron chi connectivity index (χ2n) is 5.95. The third kappa shape index (κ3) is 6.63. The molecule has 0 bridgehead atoms. The van der Waals surface area contributed by atoms with Crippen LogP contribution in [0, 0.1) is 10.1 Å². The molecule has 0 aliphatic carbocycles. The fourth-order valence-corrected chi connectivity index (χ4v) is 4.89. The Balaban J connectivity index is 1.50. The third-order valence-electron chi connectivity index (χ3n) is 3.76. The number of rotatable bonds is 9. The molecule has 14 heteroatoms. The van der Waals surface area contributed by atoms with Gasteiger partial charge in [-0.05, 0) is 23.6 Å². The van der Waals surface area contributed by atoms with E-state index >= 15 is 0 Å². The number of thioether (sulfide) groups is 1. The Morgan fingerprint density at radius 3 is 2.74 bits per heavy atom. The van der Waals surface area contributed by atoms with Gasteiger partial charge in [0.2, 0.25) is 11.0 Å². The lowest BCUT2D eigenvalue weighted by Crippen LogP contribution is -2.16. The van der Waals surface area contributed by atoms with Gasteiger partial charge in [-0.15, -0.1) is 21.5 Å². The molecule has 164 valence electrons. The summed E-state index contributed by atoms with van der Waals surface area (Å²) < 4.78 is 38.9. The monoisotopic (exact) mass is 489 g/mol. The Kier molecular flexibility index (Phi) is 7.46. The Hall–Kier alpha value is -2.71. The highest BCUT2D eigenvalue weighted by Gasteiger charge is 2.33. The smallest absolute Gasteiger partial charge is 0.379 e. The topological polar surface area (TPSA) is 110 Å². The van der Waals surface area contributed by atoms with Gasteiger partial charge < -0.3 is 10.6 Å². The molecular weight excluding hydrogens is 475 g/mol. The maximum Gasteiger partial charge on any atom is 0.416 e. The number of anilines is 2. The number of amides is 1. The Bertz CT molecular complexity index is 1060. The van der Waals surface area contributed by atoms with Crippen molar-refractivity contribution in [2.75, 3.05) is 17.2 Å². The van der Waals surface area contributed by atoms with Gasteiger partial charge in [0.05, 0.1) is 10.5 Å². The summed E-state index contributed by atoms with van der Waals surface area (Å²) in [6, 6.07) is 6.14. The van der Waals surface area contributed by atoms with Gasteiger partial charge in [0.25, 0.3) is 5.69 Å². The molecule has 0 saturated carbocycles. The lowest BCUT2D eigenvalue weighted by Gasteiger charge is -2.10. The van der Waals surface area contributed by atoms with Crippen LogP contribution in [-0.2, 0) is 16.7 Å². The largest absolute Gasteiger partial charge is 0.416 e. The zero-order valence-corrected chi connectivity index (χ0v) is 18.0. The second kappa shape index (κ2) is 10.1. The molecule has 3 aromatic rings. The average Bonchev–Trinajstić information content (AvgIpc) is 3.37. The summed E-state index contributed by atoms with van der Waals surface area (Å²) in [6.45, 7) is -0.0170. The molecular formula is C17H14F3N5O3S3. The van der Waals surface area contributed by atoms with Crippen LogP contribution in [0.15, 0.2) is 40.1 Å². The normalized spacial score (nSPS) is 11.3. The summed E-state index contributed by atoms with van der Waals surface area (Å²) in [6.07, 6.45) is -4.76. The van der Waals surface area contributed by atoms with Crippen molar-refractivity contribution in [2.45, 2.75) is 22.7 Å². The fourth-order valence-electron chi connectivity index (χ4n) is 2.35. The van der Waals surface area contributed by atoms with Crippen LogP contribution < -0.4 is 10.6 Å². The van der Waals surface area contributed by atoms with E-state index in [-0.39, 0.29) is 18.7 Å². The highest BCUT2D eigenvalue weighted by molar-refractivity contribution is 8.00. The van der Waals surface area contributed by atoms with E-state index in [1.807, 2.05) is 17.5 Å². The van der Waals surface area contributed by atoms with Crippen LogP contribution in [0.1, 0.15) is 16.9 Å². The number of carbonyl (C=O) groups is 1. The van der Waals surface area contributed by atoms with Crippen molar-refractivity contribution < 1.29 is 22.9 Å². The van der Waals surface area contributed by atoms with Crippen molar-refractivity contribution in [2.24, 2.45) is 0 Å². The van der Waals surface area contributed by atoms with Gasteiger partial charge in [-0.25, -0.2) is 0 Å². The maximum atomic E-state index is 12.7. The van der Waals surface area contributed by atoms with Gasteiger partial charge in [0, 0.05) is 29.7 Å². The lowest BCUT2D eigenvalue weighted by molar-refractivity contribution is -0.384. The van der Waals surface area contributed by atoms with Crippen LogP contribution in [0.3, 0.4) is 0 Å². The minimum absolute atomic E-state index is 0.0170. The SMILES string of the molecule is O=C(CCNc1ccc(C(F)(F)F)cc1[N+](=O)[O-])Nc1nnc(SCc2cccs2)s1. The van der Waals surface area contributed by atoms with Gasteiger partial charge >= 0.3 is 6.18 Å². The number of halogens is 3. The highest BCUT2D eigenvalue weighted by Crippen LogP contribution is 2.35. The predicted octanol–water partition coefficient (Wildman–Crippen LogP) is 5.26. The highest BCUT2D eigenvalue weighted by atomic mass is 32.2. The average molecular weight is 490 g/mol. The van der Waals surface area contributed by atoms with E-state index in [0.717, 1.165) is 17.9 Å². The number of thiophene rings is 1. The lowest BCUT2D eigenvalue weighted by atomic mass is 10.1. The molecule has 1 amide bonds. The number of nitrogens with one attached hydrogen (secondary N) is 2. The molecule has 31 heavy (non-hydrogen) atoms. The molecule has 0 fully saturated rings. The first kappa shape index (κ1) is 23.0. The molecule has 2 N–H and O–H groups in total. The Morgan fingerprint density at radius 2 is 2.06 bits per heavy atom. The molecule has 0 aliphatic rings. The summed E-state index contributed by atoms with van der Waals surface area (Å²) >= 11 is 4.35. The van der Waals surface area contributed by atoms with Crippen LogP contribution in [0.5, 0.6) is 0 Å². The minimum Gasteiger partial charge on any atom is -0.379 e. The van der Waals surface area contributed by atoms with E-state index in [0.29, 0.717) is 15.5 Å². The number of hydrogen-bond donors (Lipinski definition) is 2. The van der Waals surface area contributed by atoms with Gasteiger partial charge in [0.1, 0.15) is 5.69 Å². The predicted molar refractivity (Wildman–Crippen MR) is 114 cm³/mol. The molecule has 1 aromatic carbocycles. The zero-order valence-electron chi connectivity index (χ0n) is 15.5. The maximum absolute atomic E-state index is 12.7. The number of alkyl halides is 3. The van der Waals surface area contributed by atoms with Crippen LogP contribution >= 0.6 is 34.4 Å². The Morgan fingerprint density at radius 1 is 1.26 bits per heavy atom. The van der Waals surface area contributed by atoms with Crippen molar-refractivity contribution in [1.29, 1.82) is 0 Å². The van der Waals surface area contributed by atoms with Crippen molar-refractivity contribution in [3.63, 3.8) is 0 Å². The molecule has 0 atom stereocenters. The number of carbonyl (C=O) groups excluding carboxylic acids is 1. The first-order chi connectivity index (χ1) is 14.7. The van der Waals surface area contributed by atoms with E-state index in [4.69, 9.17) is 0 Å². The molecule has 0 unspecified atom stereocenters. The summed E-state index contributed by atoms with van der Waals surface area (Å²) in [7, 11) is 0. The van der Waals surface area contributed by atoms with Gasteiger partial charge in [-0.3, -0.25) is 14.9 Å². The summed E-state index contributed by atoms with van der Waals surface area (Å²) in [5, 5.41) is 26.5. The van der Waals surface area contributed by atoms with Crippen LogP contribution in [0.2, 0.25) is 0 Å². The molecule has 3 rings (SSSR count). The number of hydrogen-bond acceptors (Lipinski definition) is 9. The van der Waals surface area contributed by atoms with E-state index in [9.17, 15) is 28.1 Å². The molecule has 2 aromatic heterocycles. The minimum atomic E-state index is -4.69. The molecule has 0 radical (unpaired) electrons. The Labute approximate surface area is 186 Å². The molecule has 0 saturated heterocycles. The number of nitro groups is 1. The standard InChI is InChI=1S/C17H14F3N5O3S3/c18-17(19,20)10-3-4-12(13(8-10)25(27)28)21-6-5-14(26)22-15-23-24-16(31-15)30-9-11-2-1-7-29-11/h1-4,7-8,21H,5-6,9H2,(H,22,23,26). The first-order valence-electron chi connectivity index (χ1n) is 8.60. The summed E-state index contributed by atoms with van der Waals surface area (Å²) in [4.78, 5) is 23.4. The summed E-state index contributed by atoms with van der Waals surface area (Å²) in [5.41, 5.74) is -1.94. The first-order valence-corrected chi connectivity index (χ1v) is 11.3. The van der Waals surface area contributed by atoms with Crippen molar-refractivity contribution in [1.82, 2.24) is 10.2 Å². The molecule has 8 nitrogen and oxygen atoms in total. The zero-order chi connectivity index (χ0) is 22.4. The quantitative estimate of drug-likeness (QED) is 0.183. The molecule has 0 aliphatic heterocycles. The van der Waals surface area contributed by atoms with Crippen molar-refractivity contribution in [3.8, 4) is 0 Å². The van der Waals surface area contributed by atoms with E-state index in [1.54, 1.807) is 11.3 Å². The number of nitrogens with zero attached hydrogens (tertiary/aromatic N) is 3. The summed E-state index contributed by atoms with van der Waals surface area (Å²) in [5.74, 6) is 0.337. The number of nitro benzene ring substituents is 1. The van der Waals surface area contributed by atoms with Gasteiger partial charge in [-0.1, -0.05) is 29.2 Å². The molecule has 0 spiro atoms. The number of aromatic nitrogens is 2. The second-order valence-corrected chi connectivity index (χ2v) is 9.19. The van der Waals surface area contributed by atoms with E-state index in [1.165, 1.54) is 28.0 Å². The van der Waals surface area contributed by atoms with Crippen molar-refractivity contribution >= 4 is 56.8 Å². The van der Waals surface area contributed by atoms with Gasteiger partial charge in [-0.2, -0.15) is 13.2 Å². The van der Waals surface area contributed by atoms with E-state index < -0.39 is 28.3 Å². The van der Waals surface area contributed by atoms with Crippen LogP contribution in [0.4, 0.5) is 29.7 Å². The van der Waals surface area contributed by atoms with Crippen molar-refractivity contribution in [3.05, 3.63) is 56.3 Å². The molecule has 2 heterocycles. The van der Waals surface area contributed by atoms with Crippen LogP contribution in [0.25, 0.3) is 0 Å². The number of benzene rings is 1.